The fourth-order valence-corrected chi connectivity index (χ4v) is 3.07. The van der Waals surface area contributed by atoms with E-state index in [2.05, 4.69) is 16.3 Å². The van der Waals surface area contributed by atoms with E-state index in [1.165, 1.54) is 0 Å². The summed E-state index contributed by atoms with van der Waals surface area (Å²) in [7, 11) is 3.15. The SMILES string of the molecule is COc1ccc(C2C(C#N)=C(N)Oc3n[nH]c(C(C)C)c32)cc1OC. The second-order valence-corrected chi connectivity index (χ2v) is 6.05. The van der Waals surface area contributed by atoms with Crippen molar-refractivity contribution >= 4 is 0 Å². The second kappa shape index (κ2) is 6.40. The third kappa shape index (κ3) is 2.66. The summed E-state index contributed by atoms with van der Waals surface area (Å²) < 4.78 is 16.3. The number of nitrogens with zero attached hydrogens (tertiary/aromatic N) is 2. The number of ether oxygens (including phenoxy) is 3. The first-order valence-electron chi connectivity index (χ1n) is 7.89. The number of nitriles is 1. The Labute approximate surface area is 146 Å². The van der Waals surface area contributed by atoms with Gasteiger partial charge in [-0.3, -0.25) is 5.10 Å². The van der Waals surface area contributed by atoms with Crippen LogP contribution < -0.4 is 19.9 Å². The fourth-order valence-electron chi connectivity index (χ4n) is 3.07. The molecule has 7 nitrogen and oxygen atoms in total. The molecule has 2 heterocycles. The molecule has 1 aliphatic heterocycles. The molecule has 1 unspecified atom stereocenters. The molecule has 0 spiro atoms. The molecule has 0 saturated carbocycles. The number of aromatic amines is 1. The molecule has 1 atom stereocenters. The molecule has 7 heteroatoms. The predicted molar refractivity (Wildman–Crippen MR) is 91.5 cm³/mol. The van der Waals surface area contributed by atoms with Crippen molar-refractivity contribution in [3.05, 3.63) is 46.5 Å². The highest BCUT2D eigenvalue weighted by molar-refractivity contribution is 5.57. The van der Waals surface area contributed by atoms with Gasteiger partial charge in [0.05, 0.1) is 25.7 Å². The van der Waals surface area contributed by atoms with Gasteiger partial charge >= 0.3 is 0 Å². The van der Waals surface area contributed by atoms with E-state index in [0.29, 0.717) is 23.0 Å². The molecule has 25 heavy (non-hydrogen) atoms. The van der Waals surface area contributed by atoms with Crippen LogP contribution in [0.1, 0.15) is 42.5 Å². The number of aromatic nitrogens is 2. The Hall–Kier alpha value is -3.14. The van der Waals surface area contributed by atoms with Crippen LogP contribution in [0.4, 0.5) is 0 Å². The molecule has 2 aromatic rings. The van der Waals surface area contributed by atoms with E-state index in [0.717, 1.165) is 16.8 Å². The van der Waals surface area contributed by atoms with Crippen molar-refractivity contribution in [3.63, 3.8) is 0 Å². The van der Waals surface area contributed by atoms with Gasteiger partial charge in [-0.2, -0.15) is 5.26 Å². The first-order chi connectivity index (χ1) is 12.0. The van der Waals surface area contributed by atoms with Crippen LogP contribution in [0.3, 0.4) is 0 Å². The molecule has 1 aromatic heterocycles. The maximum Gasteiger partial charge on any atom is 0.244 e. The van der Waals surface area contributed by atoms with Gasteiger partial charge in [0.1, 0.15) is 11.6 Å². The van der Waals surface area contributed by atoms with Crippen LogP contribution in [0.15, 0.2) is 29.7 Å². The minimum absolute atomic E-state index is 0.0663. The fraction of sp³-hybridized carbons (Fsp3) is 0.333. The lowest BCUT2D eigenvalue weighted by atomic mass is 9.82. The number of nitrogens with one attached hydrogen (secondary N) is 1. The molecule has 0 bridgehead atoms. The van der Waals surface area contributed by atoms with Crippen LogP contribution in [0, 0.1) is 11.3 Å². The van der Waals surface area contributed by atoms with Gasteiger partial charge in [0.2, 0.25) is 11.8 Å². The van der Waals surface area contributed by atoms with E-state index in [-0.39, 0.29) is 17.7 Å². The number of nitrogens with two attached hydrogens (primary N) is 1. The van der Waals surface area contributed by atoms with Crippen LogP contribution in [-0.4, -0.2) is 24.4 Å². The Balaban J connectivity index is 2.23. The molecule has 1 aromatic carbocycles. The maximum absolute atomic E-state index is 9.66. The second-order valence-electron chi connectivity index (χ2n) is 6.05. The quantitative estimate of drug-likeness (QED) is 0.886. The summed E-state index contributed by atoms with van der Waals surface area (Å²) in [4.78, 5) is 0. The van der Waals surface area contributed by atoms with Gasteiger partial charge in [0.15, 0.2) is 11.5 Å². The molecule has 3 N–H and O–H groups in total. The molecule has 130 valence electrons. The van der Waals surface area contributed by atoms with Crippen molar-refractivity contribution in [3.8, 4) is 23.4 Å². The highest BCUT2D eigenvalue weighted by atomic mass is 16.5. The lowest BCUT2D eigenvalue weighted by Gasteiger charge is -2.25. The Morgan fingerprint density at radius 1 is 1.28 bits per heavy atom. The summed E-state index contributed by atoms with van der Waals surface area (Å²) >= 11 is 0. The topological polar surface area (TPSA) is 106 Å². The zero-order chi connectivity index (χ0) is 18.1. The lowest BCUT2D eigenvalue weighted by Crippen LogP contribution is -2.21. The van der Waals surface area contributed by atoms with E-state index in [1.807, 2.05) is 32.0 Å². The summed E-state index contributed by atoms with van der Waals surface area (Å²) in [5.74, 6) is 1.46. The van der Waals surface area contributed by atoms with Gasteiger partial charge in [-0.25, -0.2) is 0 Å². The number of allylic oxidation sites excluding steroid dienone is 1. The minimum Gasteiger partial charge on any atom is -0.493 e. The van der Waals surface area contributed by atoms with Gasteiger partial charge in [-0.15, -0.1) is 5.10 Å². The number of methoxy groups -OCH3 is 2. The highest BCUT2D eigenvalue weighted by Crippen LogP contribution is 2.45. The number of hydrogen-bond donors (Lipinski definition) is 2. The maximum atomic E-state index is 9.66. The smallest absolute Gasteiger partial charge is 0.244 e. The van der Waals surface area contributed by atoms with Gasteiger partial charge < -0.3 is 19.9 Å². The summed E-state index contributed by atoms with van der Waals surface area (Å²) in [5, 5.41) is 16.9. The number of H-pyrrole nitrogens is 1. The molecule has 0 aliphatic carbocycles. The van der Waals surface area contributed by atoms with E-state index in [1.54, 1.807) is 14.2 Å². The Morgan fingerprint density at radius 3 is 2.60 bits per heavy atom. The van der Waals surface area contributed by atoms with Crippen LogP contribution in [0.25, 0.3) is 0 Å². The number of fused-ring (bicyclic) bond motifs is 1. The van der Waals surface area contributed by atoms with Crippen molar-refractivity contribution < 1.29 is 14.2 Å². The molecule has 0 fully saturated rings. The van der Waals surface area contributed by atoms with Crippen molar-refractivity contribution in [2.75, 3.05) is 14.2 Å². The first-order valence-corrected chi connectivity index (χ1v) is 7.89. The predicted octanol–water partition coefficient (Wildman–Crippen LogP) is 2.77. The molecule has 0 radical (unpaired) electrons. The molecular weight excluding hydrogens is 320 g/mol. The van der Waals surface area contributed by atoms with Crippen molar-refractivity contribution in [2.45, 2.75) is 25.7 Å². The zero-order valence-electron chi connectivity index (χ0n) is 14.6. The summed E-state index contributed by atoms with van der Waals surface area (Å²) in [6.07, 6.45) is 0. The third-order valence-corrected chi connectivity index (χ3v) is 4.29. The Bertz CT molecular complexity index is 877. The third-order valence-electron chi connectivity index (χ3n) is 4.29. The normalized spacial score (nSPS) is 16.2. The van der Waals surface area contributed by atoms with Gasteiger partial charge in [-0.05, 0) is 23.6 Å². The summed E-state index contributed by atoms with van der Waals surface area (Å²) in [6.45, 7) is 4.10. The van der Waals surface area contributed by atoms with Crippen LogP contribution in [0.2, 0.25) is 0 Å². The zero-order valence-corrected chi connectivity index (χ0v) is 14.6. The average Bonchev–Trinajstić information content (AvgIpc) is 3.03. The van der Waals surface area contributed by atoms with E-state index in [9.17, 15) is 5.26 Å². The van der Waals surface area contributed by atoms with Gasteiger partial charge in [-0.1, -0.05) is 19.9 Å². The van der Waals surface area contributed by atoms with Crippen LogP contribution in [-0.2, 0) is 0 Å². The minimum atomic E-state index is -0.385. The van der Waals surface area contributed by atoms with Gasteiger partial charge in [0.25, 0.3) is 0 Å². The first kappa shape index (κ1) is 16.7. The molecule has 1 aliphatic rings. The largest absolute Gasteiger partial charge is 0.493 e. The molecular formula is C18H20N4O3. The van der Waals surface area contributed by atoms with Crippen molar-refractivity contribution in [1.82, 2.24) is 10.2 Å². The van der Waals surface area contributed by atoms with Crippen LogP contribution >= 0.6 is 0 Å². The summed E-state index contributed by atoms with van der Waals surface area (Å²) in [5.41, 5.74) is 8.91. The number of rotatable bonds is 4. The number of hydrogen-bond acceptors (Lipinski definition) is 6. The van der Waals surface area contributed by atoms with Gasteiger partial charge in [0, 0.05) is 5.69 Å². The van der Waals surface area contributed by atoms with E-state index in [4.69, 9.17) is 19.9 Å². The summed E-state index contributed by atoms with van der Waals surface area (Å²) in [6, 6.07) is 7.73. The molecule has 3 rings (SSSR count). The molecule has 0 saturated heterocycles. The van der Waals surface area contributed by atoms with Crippen molar-refractivity contribution in [1.29, 1.82) is 5.26 Å². The van der Waals surface area contributed by atoms with Crippen molar-refractivity contribution in [2.24, 2.45) is 5.73 Å². The van der Waals surface area contributed by atoms with Crippen LogP contribution in [0.5, 0.6) is 17.4 Å². The Kier molecular flexibility index (Phi) is 4.28. The Morgan fingerprint density at radius 2 is 2.00 bits per heavy atom. The highest BCUT2D eigenvalue weighted by Gasteiger charge is 2.36. The van der Waals surface area contributed by atoms with E-state index >= 15 is 0 Å². The lowest BCUT2D eigenvalue weighted by molar-refractivity contribution is 0.354. The monoisotopic (exact) mass is 340 g/mol. The number of benzene rings is 1. The molecule has 0 amide bonds. The van der Waals surface area contributed by atoms with E-state index < -0.39 is 0 Å². The standard InChI is InChI=1S/C18H20N4O3/c1-9(2)16-15-14(10-5-6-12(23-3)13(7-10)24-4)11(8-19)17(20)25-18(15)22-21-16/h5-7,9,14H,20H2,1-4H3,(H,21,22). The average molecular weight is 340 g/mol.